The molecule has 0 bridgehead atoms. The van der Waals surface area contributed by atoms with Crippen LogP contribution in [0.2, 0.25) is 0 Å². The number of aromatic nitrogens is 1. The fourth-order valence-corrected chi connectivity index (χ4v) is 1.37. The van der Waals surface area contributed by atoms with E-state index in [9.17, 15) is 9.59 Å². The number of likely N-dealkylation sites (N-methyl/N-ethyl adjacent to an activating group) is 1. The number of carboxylic acids is 1. The highest BCUT2D eigenvalue weighted by Gasteiger charge is 2.15. The van der Waals surface area contributed by atoms with Gasteiger partial charge in [0.25, 0.3) is 0 Å². The molecule has 7 heteroatoms. The van der Waals surface area contributed by atoms with Crippen molar-refractivity contribution in [3.8, 4) is 0 Å². The van der Waals surface area contributed by atoms with E-state index >= 15 is 0 Å². The van der Waals surface area contributed by atoms with Crippen LogP contribution in [-0.4, -0.2) is 40.1 Å². The lowest BCUT2D eigenvalue weighted by molar-refractivity contribution is -0.137. The summed E-state index contributed by atoms with van der Waals surface area (Å²) in [6.45, 7) is 5.45. The van der Waals surface area contributed by atoms with Crippen molar-refractivity contribution in [2.75, 3.05) is 13.1 Å². The molecule has 1 aromatic rings. The average molecular weight is 255 g/mol. The largest absolute Gasteiger partial charge is 0.480 e. The minimum Gasteiger partial charge on any atom is -0.480 e. The lowest BCUT2D eigenvalue weighted by Gasteiger charge is -2.18. The van der Waals surface area contributed by atoms with Gasteiger partial charge in [-0.1, -0.05) is 0 Å². The molecular formula is C11H17N3O4. The van der Waals surface area contributed by atoms with Crippen LogP contribution in [0.3, 0.4) is 0 Å². The van der Waals surface area contributed by atoms with Gasteiger partial charge in [0, 0.05) is 6.54 Å². The van der Waals surface area contributed by atoms with Crippen LogP contribution in [0.5, 0.6) is 0 Å². The first kappa shape index (κ1) is 14.0. The number of amides is 2. The Labute approximate surface area is 105 Å². The van der Waals surface area contributed by atoms with Crippen LogP contribution in [0, 0.1) is 13.8 Å². The maximum atomic E-state index is 11.7. The lowest BCUT2D eigenvalue weighted by Crippen LogP contribution is -2.42. The third-order valence-electron chi connectivity index (χ3n) is 2.46. The quantitative estimate of drug-likeness (QED) is 0.815. The number of hydrogen-bond donors (Lipinski definition) is 2. The van der Waals surface area contributed by atoms with Gasteiger partial charge in [-0.3, -0.25) is 4.79 Å². The van der Waals surface area contributed by atoms with Crippen molar-refractivity contribution in [3.05, 3.63) is 17.3 Å². The first-order chi connectivity index (χ1) is 8.43. The van der Waals surface area contributed by atoms with Gasteiger partial charge in [0.1, 0.15) is 12.3 Å². The van der Waals surface area contributed by atoms with E-state index in [2.05, 4.69) is 10.3 Å². The molecule has 0 spiro atoms. The number of nitrogens with zero attached hydrogens (tertiary/aromatic N) is 2. The molecule has 100 valence electrons. The monoisotopic (exact) mass is 255 g/mol. The molecule has 0 aliphatic rings. The van der Waals surface area contributed by atoms with E-state index in [1.165, 1.54) is 4.90 Å². The molecule has 0 aromatic carbocycles. The Hall–Kier alpha value is -2.05. The van der Waals surface area contributed by atoms with Gasteiger partial charge in [-0.05, 0) is 20.8 Å². The highest BCUT2D eigenvalue weighted by atomic mass is 16.4. The van der Waals surface area contributed by atoms with Crippen molar-refractivity contribution < 1.29 is 19.1 Å². The number of hydrogen-bond acceptors (Lipinski definition) is 4. The Kier molecular flexibility index (Phi) is 4.70. The summed E-state index contributed by atoms with van der Waals surface area (Å²) in [4.78, 5) is 27.5. The number of nitrogens with one attached hydrogen (secondary N) is 1. The highest BCUT2D eigenvalue weighted by Crippen LogP contribution is 2.07. The number of urea groups is 1. The van der Waals surface area contributed by atoms with E-state index in [4.69, 9.17) is 9.52 Å². The minimum absolute atomic E-state index is 0.142. The summed E-state index contributed by atoms with van der Waals surface area (Å²) in [5.74, 6) is 0.0664. The smallest absolute Gasteiger partial charge is 0.323 e. The van der Waals surface area contributed by atoms with Gasteiger partial charge < -0.3 is 19.7 Å². The molecule has 0 unspecified atom stereocenters. The summed E-state index contributed by atoms with van der Waals surface area (Å²) in [5.41, 5.74) is 0.775. The molecule has 0 aliphatic heterocycles. The van der Waals surface area contributed by atoms with Crippen molar-refractivity contribution in [3.63, 3.8) is 0 Å². The number of aryl methyl sites for hydroxylation is 2. The van der Waals surface area contributed by atoms with Crippen LogP contribution in [0.25, 0.3) is 0 Å². The van der Waals surface area contributed by atoms with Gasteiger partial charge in [0.2, 0.25) is 5.89 Å². The first-order valence-electron chi connectivity index (χ1n) is 5.61. The summed E-state index contributed by atoms with van der Waals surface area (Å²) in [5, 5.41) is 11.2. The van der Waals surface area contributed by atoms with Gasteiger partial charge in [0.15, 0.2) is 0 Å². The fourth-order valence-electron chi connectivity index (χ4n) is 1.37. The molecule has 0 saturated carbocycles. The van der Waals surface area contributed by atoms with E-state index in [0.29, 0.717) is 18.2 Å². The van der Waals surface area contributed by atoms with Crippen LogP contribution in [0.4, 0.5) is 4.79 Å². The zero-order valence-electron chi connectivity index (χ0n) is 10.7. The molecule has 0 atom stereocenters. The van der Waals surface area contributed by atoms with Gasteiger partial charge in [-0.25, -0.2) is 9.78 Å². The normalized spacial score (nSPS) is 10.2. The van der Waals surface area contributed by atoms with E-state index in [-0.39, 0.29) is 13.1 Å². The zero-order valence-corrected chi connectivity index (χ0v) is 10.7. The van der Waals surface area contributed by atoms with Crippen molar-refractivity contribution in [1.82, 2.24) is 15.2 Å². The maximum Gasteiger partial charge on any atom is 0.323 e. The van der Waals surface area contributed by atoms with Crippen molar-refractivity contribution >= 4 is 12.0 Å². The first-order valence-corrected chi connectivity index (χ1v) is 5.61. The number of oxazole rings is 1. The molecule has 18 heavy (non-hydrogen) atoms. The molecule has 0 saturated heterocycles. The minimum atomic E-state index is -1.05. The lowest BCUT2D eigenvalue weighted by atomic mass is 10.4. The van der Waals surface area contributed by atoms with Gasteiger partial charge in [-0.2, -0.15) is 0 Å². The van der Waals surface area contributed by atoms with Crippen LogP contribution >= 0.6 is 0 Å². The predicted molar refractivity (Wildman–Crippen MR) is 63.1 cm³/mol. The predicted octanol–water partition coefficient (Wildman–Crippen LogP) is 0.908. The Morgan fingerprint density at radius 3 is 2.56 bits per heavy atom. The molecule has 7 nitrogen and oxygen atoms in total. The topological polar surface area (TPSA) is 95.7 Å². The summed E-state index contributed by atoms with van der Waals surface area (Å²) in [6.07, 6.45) is 0. The summed E-state index contributed by atoms with van der Waals surface area (Å²) in [6, 6.07) is -0.451. The van der Waals surface area contributed by atoms with E-state index in [1.54, 1.807) is 13.8 Å². The fraction of sp³-hybridized carbons (Fsp3) is 0.545. The molecule has 1 aromatic heterocycles. The van der Waals surface area contributed by atoms with E-state index in [1.807, 2.05) is 6.92 Å². The summed E-state index contributed by atoms with van der Waals surface area (Å²) >= 11 is 0. The molecule has 1 rings (SSSR count). The second-order valence-electron chi connectivity index (χ2n) is 3.82. The van der Waals surface area contributed by atoms with Crippen molar-refractivity contribution in [2.45, 2.75) is 27.3 Å². The Balaban J connectivity index is 2.51. The SMILES string of the molecule is CCN(CC(=O)O)C(=O)NCc1nc(C)c(C)o1. The molecule has 0 fully saturated rings. The number of carbonyl (C=O) groups is 2. The highest BCUT2D eigenvalue weighted by molar-refractivity contribution is 5.79. The van der Waals surface area contributed by atoms with Gasteiger partial charge in [0.05, 0.1) is 12.2 Å². The standard InChI is InChI=1S/C11H17N3O4/c1-4-14(6-10(15)16)11(17)12-5-9-13-7(2)8(3)18-9/h4-6H2,1-3H3,(H,12,17)(H,15,16). The third-order valence-corrected chi connectivity index (χ3v) is 2.46. The van der Waals surface area contributed by atoms with E-state index in [0.717, 1.165) is 5.69 Å². The van der Waals surface area contributed by atoms with Crippen LogP contribution < -0.4 is 5.32 Å². The zero-order chi connectivity index (χ0) is 13.7. The third kappa shape index (κ3) is 3.76. The molecule has 2 amide bonds. The van der Waals surface area contributed by atoms with E-state index < -0.39 is 12.0 Å². The molecule has 0 radical (unpaired) electrons. The maximum absolute atomic E-state index is 11.7. The number of carboxylic acid groups (broad SMARTS) is 1. The Morgan fingerprint density at radius 1 is 1.44 bits per heavy atom. The van der Waals surface area contributed by atoms with Crippen molar-refractivity contribution in [2.24, 2.45) is 0 Å². The van der Waals surface area contributed by atoms with Gasteiger partial charge >= 0.3 is 12.0 Å². The van der Waals surface area contributed by atoms with Gasteiger partial charge in [-0.15, -0.1) is 0 Å². The second-order valence-corrected chi connectivity index (χ2v) is 3.82. The Morgan fingerprint density at radius 2 is 2.11 bits per heavy atom. The molecule has 2 N–H and O–H groups in total. The number of aliphatic carboxylic acids is 1. The Bertz CT molecular complexity index is 422. The number of rotatable bonds is 5. The van der Waals surface area contributed by atoms with Crippen LogP contribution in [-0.2, 0) is 11.3 Å². The molecule has 1 heterocycles. The average Bonchev–Trinajstić information content (AvgIpc) is 2.62. The van der Waals surface area contributed by atoms with Crippen LogP contribution in [0.1, 0.15) is 24.3 Å². The second kappa shape index (κ2) is 6.04. The summed E-state index contributed by atoms with van der Waals surface area (Å²) in [7, 11) is 0. The van der Waals surface area contributed by atoms with Crippen molar-refractivity contribution in [1.29, 1.82) is 0 Å². The molecular weight excluding hydrogens is 238 g/mol. The summed E-state index contributed by atoms with van der Waals surface area (Å²) < 4.78 is 5.30. The molecule has 0 aliphatic carbocycles. The van der Waals surface area contributed by atoms with Crippen LogP contribution in [0.15, 0.2) is 4.42 Å². The number of carbonyl (C=O) groups excluding carboxylic acids is 1.